The number of nitrogens with one attached hydrogen (secondary N) is 2. The Morgan fingerprint density at radius 3 is 2.33 bits per heavy atom. The van der Waals surface area contributed by atoms with E-state index in [1.54, 1.807) is 0 Å². The predicted molar refractivity (Wildman–Crippen MR) is 109 cm³/mol. The highest BCUT2D eigenvalue weighted by molar-refractivity contribution is 14.0. The van der Waals surface area contributed by atoms with Gasteiger partial charge in [-0.3, -0.25) is 19.5 Å². The van der Waals surface area contributed by atoms with Crippen molar-refractivity contribution in [2.75, 3.05) is 19.6 Å². The zero-order chi connectivity index (χ0) is 17.2. The van der Waals surface area contributed by atoms with Crippen molar-refractivity contribution in [2.45, 2.75) is 65.8 Å². The lowest BCUT2D eigenvalue weighted by Crippen LogP contribution is -2.44. The zero-order valence-electron chi connectivity index (χ0n) is 15.4. The number of amides is 2. The van der Waals surface area contributed by atoms with E-state index >= 15 is 0 Å². The molecule has 140 valence electrons. The fourth-order valence-electron chi connectivity index (χ4n) is 2.52. The van der Waals surface area contributed by atoms with E-state index in [9.17, 15) is 9.59 Å². The Morgan fingerprint density at radius 2 is 1.79 bits per heavy atom. The summed E-state index contributed by atoms with van der Waals surface area (Å²) in [5.74, 6) is 1.30. The first-order valence-corrected chi connectivity index (χ1v) is 8.82. The second kappa shape index (κ2) is 12.5. The smallest absolute Gasteiger partial charge is 0.229 e. The summed E-state index contributed by atoms with van der Waals surface area (Å²) in [5, 5.41) is 6.60. The van der Waals surface area contributed by atoms with Crippen molar-refractivity contribution in [1.29, 1.82) is 0 Å². The first-order valence-electron chi connectivity index (χ1n) is 8.82. The topological polar surface area (TPSA) is 73.8 Å². The van der Waals surface area contributed by atoms with Crippen LogP contribution in [0.2, 0.25) is 0 Å². The third-order valence-electron chi connectivity index (χ3n) is 3.88. The molecule has 1 aliphatic heterocycles. The molecule has 7 heteroatoms. The summed E-state index contributed by atoms with van der Waals surface area (Å²) >= 11 is 0. The quantitative estimate of drug-likeness (QED) is 0.257. The molecule has 0 saturated carbocycles. The van der Waals surface area contributed by atoms with Gasteiger partial charge in [0.25, 0.3) is 0 Å². The maximum Gasteiger partial charge on any atom is 0.229 e. The van der Waals surface area contributed by atoms with Crippen molar-refractivity contribution in [1.82, 2.24) is 15.5 Å². The molecule has 0 aliphatic carbocycles. The lowest BCUT2D eigenvalue weighted by Gasteiger charge is -2.24. The van der Waals surface area contributed by atoms with E-state index in [4.69, 9.17) is 0 Å². The number of imide groups is 1. The summed E-state index contributed by atoms with van der Waals surface area (Å²) in [6.45, 7) is 10.2. The standard InChI is InChI=1S/C17H32N4O2.HI/c1-5-18-17(20-14(4)10-9-13(2)3)19-11-12-21-15(22)7-6-8-16(21)23;/h13-14H,5-12H2,1-4H3,(H2,18,19,20);1H. The second-order valence-electron chi connectivity index (χ2n) is 6.57. The largest absolute Gasteiger partial charge is 0.357 e. The summed E-state index contributed by atoms with van der Waals surface area (Å²) in [6.07, 6.45) is 3.88. The number of piperidine rings is 1. The lowest BCUT2D eigenvalue weighted by atomic mass is 10.0. The Balaban J connectivity index is 0.00000529. The highest BCUT2D eigenvalue weighted by Gasteiger charge is 2.25. The molecule has 1 fully saturated rings. The summed E-state index contributed by atoms with van der Waals surface area (Å²) in [4.78, 5) is 29.4. The molecule has 0 radical (unpaired) electrons. The molecule has 6 nitrogen and oxygen atoms in total. The molecule has 1 heterocycles. The highest BCUT2D eigenvalue weighted by atomic mass is 127. The van der Waals surface area contributed by atoms with Gasteiger partial charge in [-0.15, -0.1) is 24.0 Å². The van der Waals surface area contributed by atoms with Gasteiger partial charge in [-0.2, -0.15) is 0 Å². The van der Waals surface area contributed by atoms with Crippen LogP contribution in [0.15, 0.2) is 4.99 Å². The molecule has 0 aromatic heterocycles. The van der Waals surface area contributed by atoms with Crippen LogP contribution in [0, 0.1) is 5.92 Å². The van der Waals surface area contributed by atoms with Crippen LogP contribution < -0.4 is 10.6 Å². The number of likely N-dealkylation sites (tertiary alicyclic amines) is 1. The fourth-order valence-corrected chi connectivity index (χ4v) is 2.52. The number of aliphatic imine (C=N–C) groups is 1. The molecule has 0 aromatic carbocycles. The number of halogens is 1. The number of nitrogens with zero attached hydrogens (tertiary/aromatic N) is 2. The summed E-state index contributed by atoms with van der Waals surface area (Å²) < 4.78 is 0. The van der Waals surface area contributed by atoms with Crippen LogP contribution in [0.25, 0.3) is 0 Å². The number of hydrogen-bond acceptors (Lipinski definition) is 3. The van der Waals surface area contributed by atoms with E-state index in [0.29, 0.717) is 44.3 Å². The number of rotatable bonds is 8. The van der Waals surface area contributed by atoms with Gasteiger partial charge in [0.15, 0.2) is 5.96 Å². The molecule has 1 saturated heterocycles. The molecule has 1 aliphatic rings. The van der Waals surface area contributed by atoms with E-state index in [0.717, 1.165) is 18.9 Å². The maximum atomic E-state index is 11.8. The molecule has 2 amide bonds. The van der Waals surface area contributed by atoms with Gasteiger partial charge in [0.2, 0.25) is 11.8 Å². The molecule has 1 rings (SSSR count). The first kappa shape index (κ1) is 23.1. The second-order valence-corrected chi connectivity index (χ2v) is 6.57. The Kier molecular flexibility index (Phi) is 12.0. The number of guanidine groups is 1. The molecule has 0 bridgehead atoms. The van der Waals surface area contributed by atoms with Crippen molar-refractivity contribution in [3.05, 3.63) is 0 Å². The van der Waals surface area contributed by atoms with E-state index in [2.05, 4.69) is 36.4 Å². The summed E-state index contributed by atoms with van der Waals surface area (Å²) in [7, 11) is 0. The van der Waals surface area contributed by atoms with E-state index in [1.165, 1.54) is 11.3 Å². The molecule has 0 aromatic rings. The fraction of sp³-hybridized carbons (Fsp3) is 0.824. The van der Waals surface area contributed by atoms with Gasteiger partial charge in [0.05, 0.1) is 6.54 Å². The minimum atomic E-state index is -0.0697. The Morgan fingerprint density at radius 1 is 1.17 bits per heavy atom. The van der Waals surface area contributed by atoms with Gasteiger partial charge >= 0.3 is 0 Å². The average molecular weight is 452 g/mol. The number of carbonyl (C=O) groups is 2. The van der Waals surface area contributed by atoms with Crippen LogP contribution in [0.1, 0.15) is 59.8 Å². The molecule has 24 heavy (non-hydrogen) atoms. The first-order chi connectivity index (χ1) is 10.9. The zero-order valence-corrected chi connectivity index (χ0v) is 17.8. The van der Waals surface area contributed by atoms with E-state index < -0.39 is 0 Å². The predicted octanol–water partition coefficient (Wildman–Crippen LogP) is 2.52. The van der Waals surface area contributed by atoms with Crippen LogP contribution in [0.5, 0.6) is 0 Å². The summed E-state index contributed by atoms with van der Waals surface area (Å²) in [5.41, 5.74) is 0. The number of hydrogen-bond donors (Lipinski definition) is 2. The third-order valence-corrected chi connectivity index (χ3v) is 3.88. The van der Waals surface area contributed by atoms with Crippen molar-refractivity contribution in [3.63, 3.8) is 0 Å². The average Bonchev–Trinajstić information content (AvgIpc) is 2.48. The van der Waals surface area contributed by atoms with Crippen LogP contribution in [0.4, 0.5) is 0 Å². The van der Waals surface area contributed by atoms with Crippen molar-refractivity contribution >= 4 is 41.8 Å². The minimum Gasteiger partial charge on any atom is -0.357 e. The van der Waals surface area contributed by atoms with E-state index in [1.807, 2.05) is 6.92 Å². The van der Waals surface area contributed by atoms with Crippen LogP contribution >= 0.6 is 24.0 Å². The molecule has 2 N–H and O–H groups in total. The van der Waals surface area contributed by atoms with Crippen LogP contribution in [-0.2, 0) is 9.59 Å². The van der Waals surface area contributed by atoms with Crippen molar-refractivity contribution in [3.8, 4) is 0 Å². The Bertz CT molecular complexity index is 411. The van der Waals surface area contributed by atoms with Gasteiger partial charge in [-0.05, 0) is 39.0 Å². The minimum absolute atomic E-state index is 0. The van der Waals surface area contributed by atoms with Crippen LogP contribution in [-0.4, -0.2) is 48.3 Å². The molecule has 1 atom stereocenters. The van der Waals surface area contributed by atoms with Crippen molar-refractivity contribution < 1.29 is 9.59 Å². The molecule has 0 spiro atoms. The van der Waals surface area contributed by atoms with Gasteiger partial charge in [-0.25, -0.2) is 0 Å². The van der Waals surface area contributed by atoms with Gasteiger partial charge in [0.1, 0.15) is 0 Å². The molecular weight excluding hydrogens is 419 g/mol. The van der Waals surface area contributed by atoms with Gasteiger partial charge in [0, 0.05) is 32.0 Å². The Labute approximate surface area is 163 Å². The van der Waals surface area contributed by atoms with Crippen molar-refractivity contribution in [2.24, 2.45) is 10.9 Å². The van der Waals surface area contributed by atoms with Gasteiger partial charge in [-0.1, -0.05) is 13.8 Å². The summed E-state index contributed by atoms with van der Waals surface area (Å²) in [6, 6.07) is 0.341. The SMILES string of the molecule is CCNC(=NCCN1C(=O)CCCC1=O)NC(C)CCC(C)C.I. The monoisotopic (exact) mass is 452 g/mol. The Hall–Kier alpha value is -0.860. The van der Waals surface area contributed by atoms with E-state index in [-0.39, 0.29) is 35.8 Å². The molecular formula is C17H33IN4O2. The van der Waals surface area contributed by atoms with Gasteiger partial charge < -0.3 is 10.6 Å². The maximum absolute atomic E-state index is 11.8. The normalized spacial score (nSPS) is 16.9. The highest BCUT2D eigenvalue weighted by Crippen LogP contribution is 2.11. The van der Waals surface area contributed by atoms with Crippen LogP contribution in [0.3, 0.4) is 0 Å². The lowest BCUT2D eigenvalue weighted by molar-refractivity contribution is -0.147. The third kappa shape index (κ3) is 8.84. The molecule has 1 unspecified atom stereocenters. The number of carbonyl (C=O) groups excluding carboxylic acids is 2.